The molecule has 0 aliphatic heterocycles. The van der Waals surface area contributed by atoms with Gasteiger partial charge in [0.15, 0.2) is 46.0 Å². The molecule has 5 rings (SSSR count). The Hall–Kier alpha value is -4.80. The highest BCUT2D eigenvalue weighted by Crippen LogP contribution is 2.47. The molecule has 274 valence electrons. The van der Waals surface area contributed by atoms with Gasteiger partial charge in [0.05, 0.1) is 42.7 Å². The zero-order valence-electron chi connectivity index (χ0n) is 30.7. The van der Waals surface area contributed by atoms with Crippen LogP contribution in [0.25, 0.3) is 0 Å². The van der Waals surface area contributed by atoms with Crippen molar-refractivity contribution < 1.29 is 48.1 Å². The van der Waals surface area contributed by atoms with Gasteiger partial charge in [-0.3, -0.25) is 0 Å². The lowest BCUT2D eigenvalue weighted by atomic mass is 9.92. The van der Waals surface area contributed by atoms with Crippen molar-refractivity contribution >= 4 is 0 Å². The Balaban J connectivity index is 1.23. The monoisotopic (exact) mass is 702 g/mol. The lowest BCUT2D eigenvalue weighted by Gasteiger charge is -2.24. The molecular weight excluding hydrogens is 652 g/mol. The first-order valence-electron chi connectivity index (χ1n) is 17.1. The molecule has 51 heavy (non-hydrogen) atoms. The second kappa shape index (κ2) is 16.9. The minimum absolute atomic E-state index is 0.339. The summed E-state index contributed by atoms with van der Waals surface area (Å²) in [4.78, 5) is 0. The highest BCUT2D eigenvalue weighted by molar-refractivity contribution is 5.48. The van der Waals surface area contributed by atoms with Crippen molar-refractivity contribution in [3.05, 3.63) is 95.1 Å². The van der Waals surface area contributed by atoms with Crippen molar-refractivity contribution in [3.63, 3.8) is 0 Å². The maximum atomic E-state index is 11.1. The van der Waals surface area contributed by atoms with Gasteiger partial charge in [-0.2, -0.15) is 0 Å². The van der Waals surface area contributed by atoms with Crippen molar-refractivity contribution in [1.29, 1.82) is 0 Å². The molecule has 1 aliphatic rings. The van der Waals surface area contributed by atoms with E-state index in [1.807, 2.05) is 38.1 Å². The Bertz CT molecular complexity index is 1630. The zero-order chi connectivity index (χ0) is 36.7. The molecule has 1 saturated carbocycles. The highest BCUT2D eigenvalue weighted by atomic mass is 16.5. The summed E-state index contributed by atoms with van der Waals surface area (Å²) < 4.78 is 45.4. The van der Waals surface area contributed by atoms with Gasteiger partial charge in [-0.05, 0) is 116 Å². The molecule has 1 unspecified atom stereocenters. The van der Waals surface area contributed by atoms with Gasteiger partial charge in [0, 0.05) is 0 Å². The molecule has 1 fully saturated rings. The van der Waals surface area contributed by atoms with Crippen LogP contribution in [0.2, 0.25) is 0 Å². The van der Waals surface area contributed by atoms with Gasteiger partial charge in [0.25, 0.3) is 0 Å². The number of methoxy groups -OCH3 is 6. The number of ether oxygens (including phenoxy) is 8. The van der Waals surface area contributed by atoms with Crippen LogP contribution >= 0.6 is 0 Å². The van der Waals surface area contributed by atoms with Gasteiger partial charge in [0.1, 0.15) is 24.4 Å². The first-order chi connectivity index (χ1) is 24.6. The number of hydrogen-bond acceptors (Lipinski definition) is 10. The fourth-order valence-corrected chi connectivity index (χ4v) is 6.80. The van der Waals surface area contributed by atoms with E-state index in [1.165, 1.54) is 11.1 Å². The molecular formula is C41H50O10. The average molecular weight is 703 g/mol. The smallest absolute Gasteiger partial charge is 0.161 e. The molecule has 0 amide bonds. The van der Waals surface area contributed by atoms with Crippen molar-refractivity contribution in [3.8, 4) is 46.0 Å². The van der Waals surface area contributed by atoms with E-state index in [0.717, 1.165) is 19.3 Å². The summed E-state index contributed by atoms with van der Waals surface area (Å²) in [7, 11) is 9.53. The quantitative estimate of drug-likeness (QED) is 0.120. The Labute approximate surface area is 300 Å². The van der Waals surface area contributed by atoms with Gasteiger partial charge in [-0.1, -0.05) is 24.3 Å². The van der Waals surface area contributed by atoms with Crippen molar-refractivity contribution in [2.24, 2.45) is 0 Å². The summed E-state index contributed by atoms with van der Waals surface area (Å²) in [6.07, 6.45) is 0.106. The summed E-state index contributed by atoms with van der Waals surface area (Å²) in [5.41, 5.74) is 3.68. The van der Waals surface area contributed by atoms with Gasteiger partial charge in [-0.25, -0.2) is 0 Å². The molecule has 10 heteroatoms. The third kappa shape index (κ3) is 8.40. The predicted molar refractivity (Wildman–Crippen MR) is 195 cm³/mol. The maximum absolute atomic E-state index is 11.1. The standard InChI is InChI=1S/C41H50O10/c1-24(40(42)30-13-15-32(44-3)36(22-30)46-5)50-34-17-11-28(20-38(34)48-7)26-9-10-27(19-26)29-12-18-35(39(21-29)49-8)51-25(2)41(43)31-14-16-33(45-4)37(23-31)47-6/h11-18,20-27,40-43H,9-10,19H2,1-8H3/t24-,25-,26-,27?,40+,41+/m1/s1. The molecule has 4 aromatic carbocycles. The summed E-state index contributed by atoms with van der Waals surface area (Å²) >= 11 is 0. The fourth-order valence-electron chi connectivity index (χ4n) is 6.80. The largest absolute Gasteiger partial charge is 0.493 e. The summed E-state index contributed by atoms with van der Waals surface area (Å²) in [5, 5.41) is 22.1. The van der Waals surface area contributed by atoms with E-state index in [-0.39, 0.29) is 0 Å². The van der Waals surface area contributed by atoms with Crippen molar-refractivity contribution in [2.45, 2.75) is 69.4 Å². The van der Waals surface area contributed by atoms with Crippen LogP contribution in [-0.4, -0.2) is 65.1 Å². The minimum Gasteiger partial charge on any atom is -0.493 e. The predicted octanol–water partition coefficient (Wildman–Crippen LogP) is 7.79. The van der Waals surface area contributed by atoms with E-state index in [9.17, 15) is 10.2 Å². The van der Waals surface area contributed by atoms with Crippen LogP contribution in [0.4, 0.5) is 0 Å². The average Bonchev–Trinajstić information content (AvgIpc) is 3.67. The molecule has 6 atom stereocenters. The first kappa shape index (κ1) is 37.5. The topological polar surface area (TPSA) is 114 Å². The molecule has 0 heterocycles. The molecule has 0 radical (unpaired) electrons. The maximum Gasteiger partial charge on any atom is 0.161 e. The van der Waals surface area contributed by atoms with Gasteiger partial charge in [-0.15, -0.1) is 0 Å². The van der Waals surface area contributed by atoms with Gasteiger partial charge < -0.3 is 48.1 Å². The molecule has 0 saturated heterocycles. The minimum atomic E-state index is -0.899. The van der Waals surface area contributed by atoms with Gasteiger partial charge in [0.2, 0.25) is 0 Å². The van der Waals surface area contributed by atoms with Crippen LogP contribution in [0, 0.1) is 0 Å². The Morgan fingerprint density at radius 3 is 1.14 bits per heavy atom. The number of aliphatic hydroxyl groups is 2. The highest BCUT2D eigenvalue weighted by Gasteiger charge is 2.30. The first-order valence-corrected chi connectivity index (χ1v) is 17.1. The molecule has 10 nitrogen and oxygen atoms in total. The van der Waals surface area contributed by atoms with Crippen LogP contribution in [0.15, 0.2) is 72.8 Å². The number of aliphatic hydroxyl groups excluding tert-OH is 2. The van der Waals surface area contributed by atoms with Crippen LogP contribution in [0.3, 0.4) is 0 Å². The molecule has 4 aromatic rings. The lowest BCUT2D eigenvalue weighted by Crippen LogP contribution is -2.22. The summed E-state index contributed by atoms with van der Waals surface area (Å²) in [5.74, 6) is 5.31. The normalized spacial score (nSPS) is 17.8. The molecule has 2 N–H and O–H groups in total. The number of benzene rings is 4. The van der Waals surface area contributed by atoms with Crippen LogP contribution < -0.4 is 37.9 Å². The van der Waals surface area contributed by atoms with Crippen molar-refractivity contribution in [2.75, 3.05) is 42.7 Å². The lowest BCUT2D eigenvalue weighted by molar-refractivity contribution is 0.0449. The van der Waals surface area contributed by atoms with Crippen molar-refractivity contribution in [1.82, 2.24) is 0 Å². The molecule has 0 aromatic heterocycles. The number of rotatable bonds is 16. The van der Waals surface area contributed by atoms with E-state index in [2.05, 4.69) is 12.1 Å². The third-order valence-electron chi connectivity index (χ3n) is 9.76. The molecule has 0 bridgehead atoms. The van der Waals surface area contributed by atoms with E-state index in [0.29, 0.717) is 69.0 Å². The van der Waals surface area contributed by atoms with Gasteiger partial charge >= 0.3 is 0 Å². The Morgan fingerprint density at radius 1 is 0.451 bits per heavy atom. The van der Waals surface area contributed by atoms with E-state index < -0.39 is 24.4 Å². The number of hydrogen-bond donors (Lipinski definition) is 2. The Kier molecular flexibility index (Phi) is 12.4. The zero-order valence-corrected chi connectivity index (χ0v) is 30.7. The summed E-state index contributed by atoms with van der Waals surface area (Å²) in [6.45, 7) is 3.64. The van der Waals surface area contributed by atoms with Crippen LogP contribution in [0.1, 0.15) is 79.4 Å². The second-order valence-electron chi connectivity index (χ2n) is 12.8. The van der Waals surface area contributed by atoms with E-state index in [4.69, 9.17) is 37.9 Å². The molecule has 0 spiro atoms. The fraction of sp³-hybridized carbons (Fsp3) is 0.415. The van der Waals surface area contributed by atoms with Crippen LogP contribution in [-0.2, 0) is 0 Å². The summed E-state index contributed by atoms with van der Waals surface area (Å²) in [6, 6.07) is 22.7. The second-order valence-corrected chi connectivity index (χ2v) is 12.8. The molecule has 1 aliphatic carbocycles. The SMILES string of the molecule is COc1ccc([C@@H](O)[C@@H](C)Oc2ccc(C3CC[C@@H](c4ccc(O[C@H](C)[C@H](O)c5ccc(OC)c(OC)c5)c(OC)c4)C3)cc2OC)cc1OC. The van der Waals surface area contributed by atoms with E-state index >= 15 is 0 Å². The van der Waals surface area contributed by atoms with E-state index in [1.54, 1.807) is 79.1 Å². The Morgan fingerprint density at radius 2 is 0.784 bits per heavy atom. The van der Waals surface area contributed by atoms with Crippen LogP contribution in [0.5, 0.6) is 46.0 Å². The third-order valence-corrected chi connectivity index (χ3v) is 9.76.